The fourth-order valence-electron chi connectivity index (χ4n) is 3.11. The lowest BCUT2D eigenvalue weighted by Crippen LogP contribution is -2.26. The standard InChI is InChI=1S/C19H21BrO/c1-2-19(21,17-10-5-11-18(20)13-17)16-9-4-8-15(12-16)14-6-3-7-14/h4-5,8-14,21H,2-3,6-7H2,1H3. The molecule has 0 heterocycles. The fourth-order valence-corrected chi connectivity index (χ4v) is 3.51. The van der Waals surface area contributed by atoms with E-state index in [0.717, 1.165) is 15.6 Å². The van der Waals surface area contributed by atoms with Crippen molar-refractivity contribution in [1.29, 1.82) is 0 Å². The third kappa shape index (κ3) is 2.79. The van der Waals surface area contributed by atoms with Gasteiger partial charge in [0.05, 0.1) is 0 Å². The maximum Gasteiger partial charge on any atom is 0.114 e. The van der Waals surface area contributed by atoms with Crippen molar-refractivity contribution in [3.63, 3.8) is 0 Å². The lowest BCUT2D eigenvalue weighted by atomic mass is 9.77. The van der Waals surface area contributed by atoms with Crippen LogP contribution in [0.1, 0.15) is 55.2 Å². The highest BCUT2D eigenvalue weighted by molar-refractivity contribution is 9.10. The number of aliphatic hydroxyl groups is 1. The minimum Gasteiger partial charge on any atom is -0.380 e. The van der Waals surface area contributed by atoms with Crippen LogP contribution in [0.15, 0.2) is 53.0 Å². The summed E-state index contributed by atoms with van der Waals surface area (Å²) >= 11 is 3.50. The Morgan fingerprint density at radius 3 is 2.33 bits per heavy atom. The largest absolute Gasteiger partial charge is 0.380 e. The van der Waals surface area contributed by atoms with E-state index in [4.69, 9.17) is 0 Å². The summed E-state index contributed by atoms with van der Waals surface area (Å²) in [7, 11) is 0. The van der Waals surface area contributed by atoms with E-state index >= 15 is 0 Å². The molecule has 110 valence electrons. The molecular formula is C19H21BrO. The van der Waals surface area contributed by atoms with Crippen LogP contribution in [0.4, 0.5) is 0 Å². The van der Waals surface area contributed by atoms with Crippen LogP contribution in [0.2, 0.25) is 0 Å². The van der Waals surface area contributed by atoms with Crippen LogP contribution < -0.4 is 0 Å². The molecule has 1 aliphatic rings. The van der Waals surface area contributed by atoms with E-state index in [1.54, 1.807) is 0 Å². The van der Waals surface area contributed by atoms with Gasteiger partial charge in [0, 0.05) is 4.47 Å². The fraction of sp³-hybridized carbons (Fsp3) is 0.368. The average molecular weight is 345 g/mol. The molecule has 0 aliphatic heterocycles. The van der Waals surface area contributed by atoms with Crippen LogP contribution >= 0.6 is 15.9 Å². The van der Waals surface area contributed by atoms with Crippen molar-refractivity contribution < 1.29 is 5.11 Å². The van der Waals surface area contributed by atoms with E-state index in [-0.39, 0.29) is 0 Å². The molecule has 0 amide bonds. The molecule has 21 heavy (non-hydrogen) atoms. The molecular weight excluding hydrogens is 324 g/mol. The molecule has 1 unspecified atom stereocenters. The Balaban J connectivity index is 2.02. The summed E-state index contributed by atoms with van der Waals surface area (Å²) in [6, 6.07) is 16.5. The molecule has 1 nitrogen and oxygen atoms in total. The van der Waals surface area contributed by atoms with Crippen molar-refractivity contribution in [2.45, 2.75) is 44.1 Å². The number of halogens is 1. The monoisotopic (exact) mass is 344 g/mol. The van der Waals surface area contributed by atoms with E-state index < -0.39 is 5.60 Å². The predicted octanol–water partition coefficient (Wildman–Crippen LogP) is 5.36. The molecule has 1 N–H and O–H groups in total. The van der Waals surface area contributed by atoms with Crippen molar-refractivity contribution in [3.8, 4) is 0 Å². The average Bonchev–Trinajstić information content (AvgIpc) is 2.45. The van der Waals surface area contributed by atoms with Gasteiger partial charge in [0.15, 0.2) is 0 Å². The van der Waals surface area contributed by atoms with Crippen LogP contribution in [0, 0.1) is 0 Å². The van der Waals surface area contributed by atoms with Gasteiger partial charge < -0.3 is 5.11 Å². The number of hydrogen-bond acceptors (Lipinski definition) is 1. The van der Waals surface area contributed by atoms with E-state index in [1.807, 2.05) is 37.3 Å². The molecule has 3 rings (SSSR count). The normalized spacial score (nSPS) is 18.0. The summed E-state index contributed by atoms with van der Waals surface area (Å²) in [5, 5.41) is 11.3. The van der Waals surface area contributed by atoms with Gasteiger partial charge in [0.1, 0.15) is 5.60 Å². The van der Waals surface area contributed by atoms with E-state index in [1.165, 1.54) is 24.8 Å². The van der Waals surface area contributed by atoms with E-state index in [0.29, 0.717) is 12.3 Å². The van der Waals surface area contributed by atoms with Gasteiger partial charge in [-0.1, -0.05) is 65.7 Å². The number of hydrogen-bond donors (Lipinski definition) is 1. The Morgan fingerprint density at radius 2 is 1.76 bits per heavy atom. The van der Waals surface area contributed by atoms with Crippen LogP contribution in [-0.2, 0) is 5.60 Å². The van der Waals surface area contributed by atoms with Gasteiger partial charge in [0.2, 0.25) is 0 Å². The summed E-state index contributed by atoms with van der Waals surface area (Å²) in [6.07, 6.45) is 4.56. The molecule has 0 aromatic heterocycles. The van der Waals surface area contributed by atoms with Crippen molar-refractivity contribution in [2.24, 2.45) is 0 Å². The topological polar surface area (TPSA) is 20.2 Å². The SMILES string of the molecule is CCC(O)(c1cccc(Br)c1)c1cccc(C2CCC2)c1. The molecule has 0 radical (unpaired) electrons. The quantitative estimate of drug-likeness (QED) is 0.791. The number of benzene rings is 2. The maximum atomic E-state index is 11.3. The van der Waals surface area contributed by atoms with Gasteiger partial charge in [-0.2, -0.15) is 0 Å². The van der Waals surface area contributed by atoms with Gasteiger partial charge in [-0.25, -0.2) is 0 Å². The Kier molecular flexibility index (Phi) is 4.19. The molecule has 2 aromatic rings. The second-order valence-corrected chi connectivity index (χ2v) is 6.89. The minimum absolute atomic E-state index is 0.664. The molecule has 1 aliphatic carbocycles. The summed E-state index contributed by atoms with van der Waals surface area (Å²) in [5.74, 6) is 0.688. The van der Waals surface area contributed by atoms with Gasteiger partial charge in [-0.05, 0) is 54.0 Å². The highest BCUT2D eigenvalue weighted by Gasteiger charge is 2.30. The van der Waals surface area contributed by atoms with Crippen molar-refractivity contribution in [2.75, 3.05) is 0 Å². The first-order chi connectivity index (χ1) is 10.1. The van der Waals surface area contributed by atoms with Crippen LogP contribution in [-0.4, -0.2) is 5.11 Å². The van der Waals surface area contributed by atoms with E-state index in [2.05, 4.69) is 34.1 Å². The van der Waals surface area contributed by atoms with Crippen LogP contribution in [0.5, 0.6) is 0 Å². The first kappa shape index (κ1) is 14.8. The van der Waals surface area contributed by atoms with Gasteiger partial charge in [0.25, 0.3) is 0 Å². The third-order valence-electron chi connectivity index (χ3n) is 4.75. The predicted molar refractivity (Wildman–Crippen MR) is 90.5 cm³/mol. The minimum atomic E-state index is -0.913. The van der Waals surface area contributed by atoms with E-state index in [9.17, 15) is 5.11 Å². The summed E-state index contributed by atoms with van der Waals surface area (Å²) < 4.78 is 1.00. The lowest BCUT2D eigenvalue weighted by Gasteiger charge is -2.31. The van der Waals surface area contributed by atoms with Gasteiger partial charge in [-0.3, -0.25) is 0 Å². The lowest BCUT2D eigenvalue weighted by molar-refractivity contribution is 0.0763. The molecule has 2 heteroatoms. The molecule has 1 atom stereocenters. The summed E-state index contributed by atoms with van der Waals surface area (Å²) in [6.45, 7) is 2.04. The van der Waals surface area contributed by atoms with Crippen LogP contribution in [0.25, 0.3) is 0 Å². The molecule has 0 bridgehead atoms. The first-order valence-corrected chi connectivity index (χ1v) is 8.51. The van der Waals surface area contributed by atoms with Crippen molar-refractivity contribution in [1.82, 2.24) is 0 Å². The summed E-state index contributed by atoms with van der Waals surface area (Å²) in [5.41, 5.74) is 2.42. The van der Waals surface area contributed by atoms with Crippen LogP contribution in [0.3, 0.4) is 0 Å². The highest BCUT2D eigenvalue weighted by atomic mass is 79.9. The van der Waals surface area contributed by atoms with Crippen molar-refractivity contribution >= 4 is 15.9 Å². The second kappa shape index (κ2) is 5.94. The molecule has 1 saturated carbocycles. The summed E-state index contributed by atoms with van der Waals surface area (Å²) in [4.78, 5) is 0. The van der Waals surface area contributed by atoms with Gasteiger partial charge in [-0.15, -0.1) is 0 Å². The van der Waals surface area contributed by atoms with Crippen molar-refractivity contribution in [3.05, 3.63) is 69.7 Å². The zero-order chi connectivity index (χ0) is 14.9. The molecule has 2 aromatic carbocycles. The zero-order valence-electron chi connectivity index (χ0n) is 12.3. The first-order valence-electron chi connectivity index (χ1n) is 7.72. The number of rotatable bonds is 4. The molecule has 1 fully saturated rings. The Bertz CT molecular complexity index is 633. The van der Waals surface area contributed by atoms with Gasteiger partial charge >= 0.3 is 0 Å². The Morgan fingerprint density at radius 1 is 1.10 bits per heavy atom. The highest BCUT2D eigenvalue weighted by Crippen LogP contribution is 2.39. The zero-order valence-corrected chi connectivity index (χ0v) is 13.9. The Hall–Kier alpha value is -1.12. The second-order valence-electron chi connectivity index (χ2n) is 5.98. The maximum absolute atomic E-state index is 11.3. The molecule has 0 saturated heterocycles. The Labute approximate surface area is 135 Å². The third-order valence-corrected chi connectivity index (χ3v) is 5.25. The molecule has 0 spiro atoms. The smallest absolute Gasteiger partial charge is 0.114 e.